The number of thioether (sulfide) groups is 1. The Hall–Kier alpha value is -3.00. The van der Waals surface area contributed by atoms with Crippen LogP contribution in [0.4, 0.5) is 5.69 Å². The van der Waals surface area contributed by atoms with E-state index in [4.69, 9.17) is 15.2 Å². The lowest BCUT2D eigenvalue weighted by Gasteiger charge is -2.11. The topological polar surface area (TPSA) is 108 Å². The number of nitrogens with one attached hydrogen (secondary N) is 1. The maximum Gasteiger partial charge on any atom is 0.338 e. The lowest BCUT2D eigenvalue weighted by molar-refractivity contribution is -0.119. The van der Waals surface area contributed by atoms with Crippen molar-refractivity contribution in [1.82, 2.24) is 0 Å². The van der Waals surface area contributed by atoms with E-state index in [2.05, 4.69) is 5.32 Å². The van der Waals surface area contributed by atoms with Crippen molar-refractivity contribution in [2.45, 2.75) is 24.8 Å². The SMILES string of the molecule is CC(C)Oc1ccc(C(=O)OCC(=O)Nc2ccccc2SCC(N)=O)cc1. The molecule has 0 saturated carbocycles. The number of amides is 2. The fourth-order valence-electron chi connectivity index (χ4n) is 2.19. The van der Waals surface area contributed by atoms with Crippen LogP contribution in [0.3, 0.4) is 0 Å². The van der Waals surface area contributed by atoms with Crippen molar-refractivity contribution in [1.29, 1.82) is 0 Å². The molecule has 0 radical (unpaired) electrons. The van der Waals surface area contributed by atoms with Crippen LogP contribution >= 0.6 is 11.8 Å². The molecule has 2 aromatic carbocycles. The van der Waals surface area contributed by atoms with Crippen LogP contribution < -0.4 is 15.8 Å². The van der Waals surface area contributed by atoms with Crippen LogP contribution in [0.25, 0.3) is 0 Å². The molecule has 7 nitrogen and oxygen atoms in total. The Morgan fingerprint density at radius 3 is 2.39 bits per heavy atom. The van der Waals surface area contributed by atoms with Crippen LogP contribution in [0.5, 0.6) is 5.75 Å². The summed E-state index contributed by atoms with van der Waals surface area (Å²) >= 11 is 1.21. The molecule has 0 aromatic heterocycles. The highest BCUT2D eigenvalue weighted by Gasteiger charge is 2.12. The first-order valence-electron chi connectivity index (χ1n) is 8.59. The predicted octanol–water partition coefficient (Wildman–Crippen LogP) is 2.85. The minimum atomic E-state index is -0.609. The number of anilines is 1. The summed E-state index contributed by atoms with van der Waals surface area (Å²) in [7, 11) is 0. The van der Waals surface area contributed by atoms with Gasteiger partial charge in [0.1, 0.15) is 5.75 Å². The van der Waals surface area contributed by atoms with Crippen LogP contribution in [0.15, 0.2) is 53.4 Å². The molecule has 0 heterocycles. The minimum absolute atomic E-state index is 0.0329. The van der Waals surface area contributed by atoms with Crippen molar-refractivity contribution >= 4 is 35.2 Å². The molecule has 0 aliphatic rings. The number of nitrogens with two attached hydrogens (primary N) is 1. The molecule has 0 bridgehead atoms. The van der Waals surface area contributed by atoms with E-state index in [9.17, 15) is 14.4 Å². The van der Waals surface area contributed by atoms with E-state index in [0.29, 0.717) is 21.9 Å². The fourth-order valence-corrected chi connectivity index (χ4v) is 2.93. The third-order valence-corrected chi connectivity index (χ3v) is 4.42. The van der Waals surface area contributed by atoms with Gasteiger partial charge in [-0.25, -0.2) is 4.79 Å². The van der Waals surface area contributed by atoms with E-state index < -0.39 is 24.4 Å². The maximum absolute atomic E-state index is 12.1. The van der Waals surface area contributed by atoms with Crippen molar-refractivity contribution in [2.24, 2.45) is 5.73 Å². The van der Waals surface area contributed by atoms with Crippen molar-refractivity contribution in [3.8, 4) is 5.75 Å². The first-order chi connectivity index (χ1) is 13.3. The van der Waals surface area contributed by atoms with Crippen LogP contribution in [-0.2, 0) is 14.3 Å². The molecule has 0 atom stereocenters. The molecular weight excluding hydrogens is 380 g/mol. The average molecular weight is 402 g/mol. The number of esters is 1. The smallest absolute Gasteiger partial charge is 0.338 e. The number of carbonyl (C=O) groups is 3. The molecule has 8 heteroatoms. The second kappa shape index (κ2) is 10.4. The van der Waals surface area contributed by atoms with E-state index >= 15 is 0 Å². The third kappa shape index (κ3) is 6.96. The summed E-state index contributed by atoms with van der Waals surface area (Å²) in [5.74, 6) is -0.805. The molecule has 0 unspecified atom stereocenters. The summed E-state index contributed by atoms with van der Waals surface area (Å²) in [6.07, 6.45) is 0.0329. The van der Waals surface area contributed by atoms with Gasteiger partial charge < -0.3 is 20.5 Å². The quantitative estimate of drug-likeness (QED) is 0.493. The Labute approximate surface area is 167 Å². The summed E-state index contributed by atoms with van der Waals surface area (Å²) in [6, 6.07) is 13.5. The van der Waals surface area contributed by atoms with Gasteiger partial charge in [0.25, 0.3) is 5.91 Å². The molecule has 0 aliphatic heterocycles. The summed E-state index contributed by atoms with van der Waals surface area (Å²) in [5, 5.41) is 2.66. The number of hydrogen-bond acceptors (Lipinski definition) is 6. The van der Waals surface area contributed by atoms with Crippen molar-refractivity contribution in [2.75, 3.05) is 17.7 Å². The van der Waals surface area contributed by atoms with Gasteiger partial charge in [-0.2, -0.15) is 0 Å². The third-order valence-electron chi connectivity index (χ3n) is 3.33. The Kier molecular flexibility index (Phi) is 7.88. The first-order valence-corrected chi connectivity index (χ1v) is 9.57. The highest BCUT2D eigenvalue weighted by molar-refractivity contribution is 8.00. The second-order valence-electron chi connectivity index (χ2n) is 6.07. The Balaban J connectivity index is 1.88. The van der Waals surface area contributed by atoms with Gasteiger partial charge in [-0.05, 0) is 50.2 Å². The Bertz CT molecular complexity index is 837. The molecule has 148 valence electrons. The molecule has 0 aliphatic carbocycles. The molecular formula is C20H22N2O5S. The first kappa shape index (κ1) is 21.3. The van der Waals surface area contributed by atoms with Crippen molar-refractivity contribution in [3.63, 3.8) is 0 Å². The van der Waals surface area contributed by atoms with Gasteiger partial charge in [-0.1, -0.05) is 12.1 Å². The molecule has 0 saturated heterocycles. The summed E-state index contributed by atoms with van der Waals surface area (Å²) < 4.78 is 10.6. The number of rotatable bonds is 9. The van der Waals surface area contributed by atoms with Gasteiger partial charge in [0.2, 0.25) is 5.91 Å². The predicted molar refractivity (Wildman–Crippen MR) is 107 cm³/mol. The fraction of sp³-hybridized carbons (Fsp3) is 0.250. The molecule has 28 heavy (non-hydrogen) atoms. The number of primary amides is 1. The number of para-hydroxylation sites is 1. The monoisotopic (exact) mass is 402 g/mol. The van der Waals surface area contributed by atoms with Crippen LogP contribution in [0.2, 0.25) is 0 Å². The van der Waals surface area contributed by atoms with Crippen LogP contribution in [0.1, 0.15) is 24.2 Å². The van der Waals surface area contributed by atoms with Gasteiger partial charge in [-0.15, -0.1) is 11.8 Å². The minimum Gasteiger partial charge on any atom is -0.491 e. The largest absolute Gasteiger partial charge is 0.491 e. The number of carbonyl (C=O) groups excluding carboxylic acids is 3. The lowest BCUT2D eigenvalue weighted by Crippen LogP contribution is -2.21. The summed E-state index contributed by atoms with van der Waals surface area (Å²) in [5.41, 5.74) is 5.99. The summed E-state index contributed by atoms with van der Waals surface area (Å²) in [6.45, 7) is 3.38. The Morgan fingerprint density at radius 1 is 1.07 bits per heavy atom. The molecule has 2 amide bonds. The zero-order valence-corrected chi connectivity index (χ0v) is 16.5. The zero-order chi connectivity index (χ0) is 20.5. The Morgan fingerprint density at radius 2 is 1.75 bits per heavy atom. The van der Waals surface area contributed by atoms with Crippen LogP contribution in [-0.4, -0.2) is 36.2 Å². The van der Waals surface area contributed by atoms with E-state index in [1.54, 1.807) is 48.5 Å². The zero-order valence-electron chi connectivity index (χ0n) is 15.6. The van der Waals surface area contributed by atoms with E-state index in [0.717, 1.165) is 0 Å². The van der Waals surface area contributed by atoms with Gasteiger partial charge in [-0.3, -0.25) is 9.59 Å². The van der Waals surface area contributed by atoms with E-state index in [1.165, 1.54) is 11.8 Å². The van der Waals surface area contributed by atoms with Crippen molar-refractivity contribution < 1.29 is 23.9 Å². The highest BCUT2D eigenvalue weighted by atomic mass is 32.2. The van der Waals surface area contributed by atoms with Gasteiger partial charge in [0, 0.05) is 4.90 Å². The lowest BCUT2D eigenvalue weighted by atomic mass is 10.2. The molecule has 2 aromatic rings. The standard InChI is InChI=1S/C20H22N2O5S/c1-13(2)27-15-9-7-14(8-10-15)20(25)26-11-19(24)22-16-5-3-4-6-17(16)28-12-18(21)23/h3-10,13H,11-12H2,1-2H3,(H2,21,23)(H,22,24). The molecule has 0 fully saturated rings. The van der Waals surface area contributed by atoms with E-state index in [1.807, 2.05) is 13.8 Å². The molecule has 3 N–H and O–H groups in total. The average Bonchev–Trinajstić information content (AvgIpc) is 2.65. The highest BCUT2D eigenvalue weighted by Crippen LogP contribution is 2.26. The number of benzene rings is 2. The van der Waals surface area contributed by atoms with Gasteiger partial charge in [0.15, 0.2) is 6.61 Å². The van der Waals surface area contributed by atoms with Crippen LogP contribution in [0, 0.1) is 0 Å². The van der Waals surface area contributed by atoms with Crippen molar-refractivity contribution in [3.05, 3.63) is 54.1 Å². The van der Waals surface area contributed by atoms with Gasteiger partial charge in [0.05, 0.1) is 23.1 Å². The van der Waals surface area contributed by atoms with E-state index in [-0.39, 0.29) is 11.9 Å². The maximum atomic E-state index is 12.1. The number of ether oxygens (including phenoxy) is 2. The molecule has 2 rings (SSSR count). The van der Waals surface area contributed by atoms with Gasteiger partial charge >= 0.3 is 5.97 Å². The second-order valence-corrected chi connectivity index (χ2v) is 7.08. The number of hydrogen-bond donors (Lipinski definition) is 2. The summed E-state index contributed by atoms with van der Waals surface area (Å²) in [4.78, 5) is 35.8. The normalized spacial score (nSPS) is 10.4. The molecule has 0 spiro atoms.